The van der Waals surface area contributed by atoms with E-state index in [1.807, 2.05) is 35.6 Å². The molecule has 1 amide bonds. The summed E-state index contributed by atoms with van der Waals surface area (Å²) in [4.78, 5) is 16.8. The summed E-state index contributed by atoms with van der Waals surface area (Å²) in [5, 5.41) is 4.44. The van der Waals surface area contributed by atoms with Crippen LogP contribution in [0.4, 0.5) is 0 Å². The van der Waals surface area contributed by atoms with Crippen LogP contribution in [0.25, 0.3) is 0 Å². The predicted molar refractivity (Wildman–Crippen MR) is 108 cm³/mol. The Balaban J connectivity index is 1.24. The number of hydrogen-bond acceptors (Lipinski definition) is 4. The van der Waals surface area contributed by atoms with Crippen molar-refractivity contribution in [2.75, 3.05) is 26.7 Å². The van der Waals surface area contributed by atoms with E-state index in [-0.39, 0.29) is 11.5 Å². The zero-order chi connectivity index (χ0) is 19.7. The molecule has 6 heteroatoms. The molecule has 3 heterocycles. The number of benzene rings is 1. The maximum Gasteiger partial charge on any atom is 0.224 e. The fourth-order valence-corrected chi connectivity index (χ4v) is 4.41. The van der Waals surface area contributed by atoms with E-state index in [4.69, 9.17) is 4.74 Å². The number of hydrogen-bond donors (Lipinski definition) is 0. The van der Waals surface area contributed by atoms with Gasteiger partial charge >= 0.3 is 0 Å². The highest BCUT2D eigenvalue weighted by atomic mass is 16.5. The molecule has 2 saturated heterocycles. The second-order valence-corrected chi connectivity index (χ2v) is 8.40. The second kappa shape index (κ2) is 7.68. The molecule has 0 N–H and O–H groups in total. The van der Waals surface area contributed by atoms with E-state index >= 15 is 0 Å². The van der Waals surface area contributed by atoms with Crippen molar-refractivity contribution in [1.82, 2.24) is 19.6 Å². The first-order valence-electron chi connectivity index (χ1n) is 10.1. The van der Waals surface area contributed by atoms with Crippen molar-refractivity contribution < 1.29 is 9.53 Å². The molecule has 2 aliphatic rings. The van der Waals surface area contributed by atoms with Gasteiger partial charge < -0.3 is 9.64 Å². The highest BCUT2D eigenvalue weighted by Gasteiger charge is 2.51. The molecular formula is C22H30N4O2. The highest BCUT2D eigenvalue weighted by molar-refractivity contribution is 5.77. The molecule has 0 bridgehead atoms. The molecule has 2 aliphatic heterocycles. The number of ether oxygens (including phenoxy) is 1. The summed E-state index contributed by atoms with van der Waals surface area (Å²) in [6, 6.07) is 13.0. The van der Waals surface area contributed by atoms with Crippen LogP contribution in [0.2, 0.25) is 0 Å². The summed E-state index contributed by atoms with van der Waals surface area (Å²) >= 11 is 0. The van der Waals surface area contributed by atoms with Gasteiger partial charge in [-0.2, -0.15) is 5.10 Å². The summed E-state index contributed by atoms with van der Waals surface area (Å²) in [6.45, 7) is 7.77. The maximum atomic E-state index is 12.5. The van der Waals surface area contributed by atoms with Crippen molar-refractivity contribution in [3.8, 4) is 0 Å². The molecular weight excluding hydrogens is 352 g/mol. The zero-order valence-electron chi connectivity index (χ0n) is 17.1. The lowest BCUT2D eigenvalue weighted by atomic mass is 9.88. The Morgan fingerprint density at radius 3 is 2.71 bits per heavy atom. The van der Waals surface area contributed by atoms with Gasteiger partial charge in [-0.1, -0.05) is 30.3 Å². The van der Waals surface area contributed by atoms with Crippen molar-refractivity contribution in [2.24, 2.45) is 0 Å². The van der Waals surface area contributed by atoms with Crippen LogP contribution in [0, 0.1) is 13.8 Å². The molecule has 0 saturated carbocycles. The van der Waals surface area contributed by atoms with Gasteiger partial charge in [-0.05, 0) is 38.9 Å². The van der Waals surface area contributed by atoms with Crippen molar-refractivity contribution >= 4 is 5.91 Å². The summed E-state index contributed by atoms with van der Waals surface area (Å²) in [5.74, 6) is 0.197. The number of carbonyl (C=O) groups excluding carboxylic acids is 1. The SMILES string of the molecule is Cc1cc(C)n(CCC(=O)N2CC3(CC(N(C)Cc4ccccc4)CO3)C2)n1. The first-order valence-corrected chi connectivity index (χ1v) is 10.1. The molecule has 28 heavy (non-hydrogen) atoms. The van der Waals surface area contributed by atoms with Crippen LogP contribution in [0.15, 0.2) is 36.4 Å². The topological polar surface area (TPSA) is 50.6 Å². The number of aryl methyl sites for hydroxylation is 3. The van der Waals surface area contributed by atoms with E-state index in [0.29, 0.717) is 19.0 Å². The van der Waals surface area contributed by atoms with Gasteiger partial charge in [0.05, 0.1) is 25.4 Å². The standard InChI is InChI=1S/C22H30N4O2/c1-17-11-18(2)26(23-17)10-9-21(27)25-15-22(16-25)12-20(14-28-22)24(3)13-19-7-5-4-6-8-19/h4-8,11,20H,9-10,12-16H2,1-3H3. The van der Waals surface area contributed by atoms with E-state index in [2.05, 4.69) is 41.3 Å². The first kappa shape index (κ1) is 19.2. The molecule has 6 nitrogen and oxygen atoms in total. The van der Waals surface area contributed by atoms with E-state index in [1.165, 1.54) is 5.56 Å². The number of aromatic nitrogens is 2. The molecule has 1 aromatic heterocycles. The number of amides is 1. The van der Waals surface area contributed by atoms with Crippen LogP contribution in [0.3, 0.4) is 0 Å². The smallest absolute Gasteiger partial charge is 0.224 e. The number of nitrogens with zero attached hydrogens (tertiary/aromatic N) is 4. The number of carbonyl (C=O) groups is 1. The Morgan fingerprint density at radius 2 is 2.04 bits per heavy atom. The van der Waals surface area contributed by atoms with Gasteiger partial charge in [-0.15, -0.1) is 0 Å². The summed E-state index contributed by atoms with van der Waals surface area (Å²) < 4.78 is 8.08. The molecule has 1 aromatic carbocycles. The number of likely N-dealkylation sites (N-methyl/N-ethyl adjacent to an activating group) is 1. The minimum Gasteiger partial charge on any atom is -0.370 e. The van der Waals surface area contributed by atoms with Crippen LogP contribution >= 0.6 is 0 Å². The lowest BCUT2D eigenvalue weighted by Gasteiger charge is -2.47. The maximum absolute atomic E-state index is 12.5. The Bertz CT molecular complexity index is 826. The number of likely N-dealkylation sites (tertiary alicyclic amines) is 1. The molecule has 0 radical (unpaired) electrons. The average Bonchev–Trinajstić information content (AvgIpc) is 3.23. The van der Waals surface area contributed by atoms with Gasteiger partial charge in [0.15, 0.2) is 0 Å². The van der Waals surface area contributed by atoms with Crippen LogP contribution < -0.4 is 0 Å². The molecule has 1 unspecified atom stereocenters. The molecule has 4 rings (SSSR count). The van der Waals surface area contributed by atoms with E-state index in [9.17, 15) is 4.79 Å². The largest absolute Gasteiger partial charge is 0.370 e. The fraction of sp³-hybridized carbons (Fsp3) is 0.545. The number of rotatable bonds is 6. The molecule has 2 fully saturated rings. The van der Waals surface area contributed by atoms with Gasteiger partial charge in [0.1, 0.15) is 5.60 Å². The van der Waals surface area contributed by atoms with Crippen molar-refractivity contribution in [2.45, 2.75) is 51.4 Å². The Hall–Kier alpha value is -2.18. The van der Waals surface area contributed by atoms with Crippen molar-refractivity contribution in [3.63, 3.8) is 0 Å². The quantitative estimate of drug-likeness (QED) is 0.770. The zero-order valence-corrected chi connectivity index (χ0v) is 17.1. The molecule has 1 atom stereocenters. The minimum atomic E-state index is -0.135. The fourth-order valence-electron chi connectivity index (χ4n) is 4.41. The van der Waals surface area contributed by atoms with E-state index in [1.54, 1.807) is 0 Å². The average molecular weight is 383 g/mol. The van der Waals surface area contributed by atoms with Gasteiger partial charge in [0, 0.05) is 31.2 Å². The third-order valence-corrected chi connectivity index (χ3v) is 6.04. The lowest BCUT2D eigenvalue weighted by molar-refractivity contribution is -0.158. The highest BCUT2D eigenvalue weighted by Crippen LogP contribution is 2.37. The Morgan fingerprint density at radius 1 is 1.29 bits per heavy atom. The van der Waals surface area contributed by atoms with Crippen LogP contribution in [-0.4, -0.2) is 63.9 Å². The van der Waals surface area contributed by atoms with Crippen LogP contribution in [0.5, 0.6) is 0 Å². The van der Waals surface area contributed by atoms with Crippen LogP contribution in [0.1, 0.15) is 29.8 Å². The lowest BCUT2D eigenvalue weighted by Crippen LogP contribution is -2.63. The third-order valence-electron chi connectivity index (χ3n) is 6.04. The van der Waals surface area contributed by atoms with Gasteiger partial charge in [-0.3, -0.25) is 14.4 Å². The van der Waals surface area contributed by atoms with Gasteiger partial charge in [0.25, 0.3) is 0 Å². The predicted octanol–water partition coefficient (Wildman–Crippen LogP) is 2.39. The molecule has 150 valence electrons. The molecule has 1 spiro atoms. The van der Waals surface area contributed by atoms with Crippen LogP contribution in [-0.2, 0) is 22.6 Å². The second-order valence-electron chi connectivity index (χ2n) is 8.40. The molecule has 2 aromatic rings. The molecule has 0 aliphatic carbocycles. The normalized spacial score (nSPS) is 20.7. The summed E-state index contributed by atoms with van der Waals surface area (Å²) in [5.41, 5.74) is 3.29. The summed E-state index contributed by atoms with van der Waals surface area (Å²) in [7, 11) is 2.16. The first-order chi connectivity index (χ1) is 13.4. The monoisotopic (exact) mass is 382 g/mol. The van der Waals surface area contributed by atoms with E-state index < -0.39 is 0 Å². The van der Waals surface area contributed by atoms with Gasteiger partial charge in [0.2, 0.25) is 5.91 Å². The minimum absolute atomic E-state index is 0.135. The third kappa shape index (κ3) is 3.98. The Kier molecular flexibility index (Phi) is 5.25. The van der Waals surface area contributed by atoms with Gasteiger partial charge in [-0.25, -0.2) is 0 Å². The summed E-state index contributed by atoms with van der Waals surface area (Å²) in [6.07, 6.45) is 1.49. The Labute approximate surface area is 167 Å². The van der Waals surface area contributed by atoms with Crippen molar-refractivity contribution in [1.29, 1.82) is 0 Å². The van der Waals surface area contributed by atoms with E-state index in [0.717, 1.165) is 44.0 Å². The van der Waals surface area contributed by atoms with Crippen molar-refractivity contribution in [3.05, 3.63) is 53.3 Å².